The zero-order valence-electron chi connectivity index (χ0n) is 18.2. The Labute approximate surface area is 197 Å². The Morgan fingerprint density at radius 2 is 1.70 bits per heavy atom. The average Bonchev–Trinajstić information content (AvgIpc) is 2.86. The van der Waals surface area contributed by atoms with Crippen molar-refractivity contribution in [2.24, 2.45) is 0 Å². The van der Waals surface area contributed by atoms with E-state index in [1.54, 1.807) is 19.5 Å². The molecule has 0 aliphatic heterocycles. The van der Waals surface area contributed by atoms with Crippen LogP contribution >= 0.6 is 11.6 Å². The van der Waals surface area contributed by atoms with Crippen molar-refractivity contribution in [2.75, 3.05) is 12.4 Å². The molecule has 5 rings (SSSR count). The lowest BCUT2D eigenvalue weighted by Crippen LogP contribution is -2.00. The summed E-state index contributed by atoms with van der Waals surface area (Å²) in [5, 5.41) is 5.05. The number of hydrogen-bond donors (Lipinski definition) is 1. The highest BCUT2D eigenvalue weighted by Crippen LogP contribution is 2.33. The van der Waals surface area contributed by atoms with Gasteiger partial charge in [0, 0.05) is 34.1 Å². The average molecular weight is 453 g/mol. The van der Waals surface area contributed by atoms with Crippen LogP contribution in [0.5, 0.6) is 5.75 Å². The number of aromatic nitrogens is 3. The molecular weight excluding hydrogens is 432 g/mol. The van der Waals surface area contributed by atoms with Crippen molar-refractivity contribution >= 4 is 34.0 Å². The third-order valence-corrected chi connectivity index (χ3v) is 5.86. The van der Waals surface area contributed by atoms with E-state index in [-0.39, 0.29) is 0 Å². The second kappa shape index (κ2) is 8.88. The first-order valence-electron chi connectivity index (χ1n) is 10.5. The van der Waals surface area contributed by atoms with E-state index in [2.05, 4.69) is 28.5 Å². The van der Waals surface area contributed by atoms with Gasteiger partial charge in [0.1, 0.15) is 11.6 Å². The van der Waals surface area contributed by atoms with E-state index in [1.165, 1.54) is 0 Å². The van der Waals surface area contributed by atoms with Crippen molar-refractivity contribution in [2.45, 2.75) is 6.92 Å². The van der Waals surface area contributed by atoms with Crippen LogP contribution in [0.1, 0.15) is 5.56 Å². The van der Waals surface area contributed by atoms with E-state index < -0.39 is 0 Å². The molecule has 6 heteroatoms. The molecule has 0 aliphatic rings. The van der Waals surface area contributed by atoms with Crippen LogP contribution in [-0.4, -0.2) is 22.1 Å². The van der Waals surface area contributed by atoms with E-state index in [0.717, 1.165) is 44.6 Å². The summed E-state index contributed by atoms with van der Waals surface area (Å²) < 4.78 is 5.40. The summed E-state index contributed by atoms with van der Waals surface area (Å²) in [6.45, 7) is 1.98. The SMILES string of the molecule is COc1cccc(-c2ccc3nc(-c4cccnc4)nc(Nc4ccc(C)c(Cl)c4)c3c2)c1. The Kier molecular flexibility index (Phi) is 5.63. The predicted octanol–water partition coefficient (Wildman–Crippen LogP) is 7.07. The van der Waals surface area contributed by atoms with Crippen LogP contribution in [0.4, 0.5) is 11.5 Å². The van der Waals surface area contributed by atoms with Crippen LogP contribution in [0.3, 0.4) is 0 Å². The molecule has 0 atom stereocenters. The number of methoxy groups -OCH3 is 1. The van der Waals surface area contributed by atoms with Crippen LogP contribution in [0.25, 0.3) is 33.4 Å². The molecule has 2 aromatic heterocycles. The second-order valence-electron chi connectivity index (χ2n) is 7.69. The molecule has 5 nitrogen and oxygen atoms in total. The van der Waals surface area contributed by atoms with Crippen LogP contribution < -0.4 is 10.1 Å². The number of anilines is 2. The summed E-state index contributed by atoms with van der Waals surface area (Å²) in [6.07, 6.45) is 3.50. The zero-order valence-corrected chi connectivity index (χ0v) is 19.0. The lowest BCUT2D eigenvalue weighted by atomic mass is 10.0. The van der Waals surface area contributed by atoms with E-state index >= 15 is 0 Å². The standard InChI is InChI=1S/C27H21ClN4O/c1-17-8-10-21(15-24(17)28)30-27-23-14-19(18-5-3-7-22(13-18)33-2)9-11-25(23)31-26(32-27)20-6-4-12-29-16-20/h3-16H,1-2H3,(H,30,31,32). The Balaban J connectivity index is 1.67. The molecular formula is C27H21ClN4O. The first-order chi connectivity index (χ1) is 16.1. The number of halogens is 1. The van der Waals surface area contributed by atoms with Gasteiger partial charge in [0.2, 0.25) is 0 Å². The minimum absolute atomic E-state index is 0.602. The Bertz CT molecular complexity index is 1450. The molecule has 0 saturated carbocycles. The number of rotatable bonds is 5. The summed E-state index contributed by atoms with van der Waals surface area (Å²) in [6, 6.07) is 23.9. The van der Waals surface area contributed by atoms with Gasteiger partial charge < -0.3 is 10.1 Å². The number of hydrogen-bond acceptors (Lipinski definition) is 5. The van der Waals surface area contributed by atoms with Crippen molar-refractivity contribution in [1.29, 1.82) is 0 Å². The number of pyridine rings is 1. The van der Waals surface area contributed by atoms with Crippen LogP contribution in [-0.2, 0) is 0 Å². The number of nitrogens with one attached hydrogen (secondary N) is 1. The minimum Gasteiger partial charge on any atom is -0.497 e. The molecule has 3 aromatic carbocycles. The second-order valence-corrected chi connectivity index (χ2v) is 8.10. The lowest BCUT2D eigenvalue weighted by Gasteiger charge is -2.13. The molecule has 33 heavy (non-hydrogen) atoms. The van der Waals surface area contributed by atoms with Gasteiger partial charge >= 0.3 is 0 Å². The number of aryl methyl sites for hydroxylation is 1. The van der Waals surface area contributed by atoms with Crippen LogP contribution in [0, 0.1) is 6.92 Å². The Hall–Kier alpha value is -3.96. The number of benzene rings is 3. The van der Waals surface area contributed by atoms with Gasteiger partial charge in [-0.1, -0.05) is 35.9 Å². The maximum Gasteiger partial charge on any atom is 0.163 e. The number of ether oxygens (including phenoxy) is 1. The Morgan fingerprint density at radius 1 is 0.848 bits per heavy atom. The summed E-state index contributed by atoms with van der Waals surface area (Å²) in [5.41, 5.74) is 5.65. The molecule has 0 aliphatic carbocycles. The van der Waals surface area contributed by atoms with Gasteiger partial charge in [-0.15, -0.1) is 0 Å². The van der Waals surface area contributed by atoms with Gasteiger partial charge in [-0.25, -0.2) is 9.97 Å². The van der Waals surface area contributed by atoms with Crippen molar-refractivity contribution in [3.05, 3.63) is 95.8 Å². The quantitative estimate of drug-likeness (QED) is 0.309. The van der Waals surface area contributed by atoms with Gasteiger partial charge in [0.25, 0.3) is 0 Å². The molecule has 0 unspecified atom stereocenters. The summed E-state index contributed by atoms with van der Waals surface area (Å²) in [4.78, 5) is 13.9. The highest BCUT2D eigenvalue weighted by molar-refractivity contribution is 6.31. The molecule has 0 amide bonds. The maximum atomic E-state index is 6.37. The van der Waals surface area contributed by atoms with Gasteiger partial charge in [-0.05, 0) is 72.1 Å². The molecule has 0 bridgehead atoms. The fourth-order valence-electron chi connectivity index (χ4n) is 3.64. The molecule has 1 N–H and O–H groups in total. The van der Waals surface area contributed by atoms with Crippen molar-refractivity contribution in [3.8, 4) is 28.3 Å². The molecule has 5 aromatic rings. The zero-order chi connectivity index (χ0) is 22.8. The lowest BCUT2D eigenvalue weighted by molar-refractivity contribution is 0.415. The van der Waals surface area contributed by atoms with E-state index in [4.69, 9.17) is 26.3 Å². The fraction of sp³-hybridized carbons (Fsp3) is 0.0741. The third kappa shape index (κ3) is 4.36. The first kappa shape index (κ1) is 20.9. The molecule has 0 spiro atoms. The monoisotopic (exact) mass is 452 g/mol. The molecule has 0 radical (unpaired) electrons. The van der Waals surface area contributed by atoms with Gasteiger partial charge in [0.15, 0.2) is 5.82 Å². The summed E-state index contributed by atoms with van der Waals surface area (Å²) >= 11 is 6.37. The Morgan fingerprint density at radius 3 is 2.48 bits per heavy atom. The summed E-state index contributed by atoms with van der Waals surface area (Å²) in [7, 11) is 1.67. The topological polar surface area (TPSA) is 59.9 Å². The number of nitrogens with zero attached hydrogens (tertiary/aromatic N) is 3. The fourth-order valence-corrected chi connectivity index (χ4v) is 3.82. The molecule has 0 saturated heterocycles. The van der Waals surface area contributed by atoms with Gasteiger partial charge in [-0.3, -0.25) is 4.98 Å². The molecule has 2 heterocycles. The highest BCUT2D eigenvalue weighted by atomic mass is 35.5. The van der Waals surface area contributed by atoms with Gasteiger partial charge in [0.05, 0.1) is 12.6 Å². The minimum atomic E-state index is 0.602. The summed E-state index contributed by atoms with van der Waals surface area (Å²) in [5.74, 6) is 2.11. The third-order valence-electron chi connectivity index (χ3n) is 5.45. The smallest absolute Gasteiger partial charge is 0.163 e. The van der Waals surface area contributed by atoms with Crippen LogP contribution in [0.15, 0.2) is 85.2 Å². The van der Waals surface area contributed by atoms with Gasteiger partial charge in [-0.2, -0.15) is 0 Å². The largest absolute Gasteiger partial charge is 0.497 e. The van der Waals surface area contributed by atoms with E-state index in [1.807, 2.05) is 61.5 Å². The predicted molar refractivity (Wildman–Crippen MR) is 134 cm³/mol. The molecule has 0 fully saturated rings. The normalized spacial score (nSPS) is 10.9. The first-order valence-corrected chi connectivity index (χ1v) is 10.9. The van der Waals surface area contributed by atoms with Crippen LogP contribution in [0.2, 0.25) is 5.02 Å². The maximum absolute atomic E-state index is 6.37. The molecule has 162 valence electrons. The van der Waals surface area contributed by atoms with Crippen molar-refractivity contribution in [1.82, 2.24) is 15.0 Å². The van der Waals surface area contributed by atoms with Crippen molar-refractivity contribution < 1.29 is 4.74 Å². The van der Waals surface area contributed by atoms with E-state index in [9.17, 15) is 0 Å². The highest BCUT2D eigenvalue weighted by Gasteiger charge is 2.12. The van der Waals surface area contributed by atoms with E-state index in [0.29, 0.717) is 16.7 Å². The van der Waals surface area contributed by atoms with Crippen molar-refractivity contribution in [3.63, 3.8) is 0 Å². The number of fused-ring (bicyclic) bond motifs is 1.